The lowest BCUT2D eigenvalue weighted by molar-refractivity contribution is -0.385. The number of nitrogens with zero attached hydrogens (tertiary/aromatic N) is 1. The van der Waals surface area contributed by atoms with E-state index in [0.717, 1.165) is 3.57 Å². The number of amides is 1. The molecule has 0 bridgehead atoms. The van der Waals surface area contributed by atoms with Gasteiger partial charge in [0.15, 0.2) is 11.5 Å². The minimum atomic E-state index is -0.485. The van der Waals surface area contributed by atoms with Gasteiger partial charge in [-0.15, -0.1) is 0 Å². The minimum absolute atomic E-state index is 0.0852. The summed E-state index contributed by atoms with van der Waals surface area (Å²) < 4.78 is 11.0. The fourth-order valence-corrected chi connectivity index (χ4v) is 2.96. The predicted octanol–water partition coefficient (Wildman–Crippen LogP) is 3.84. The van der Waals surface area contributed by atoms with Crippen molar-refractivity contribution in [3.8, 4) is 11.5 Å². The summed E-state index contributed by atoms with van der Waals surface area (Å²) in [5, 5.41) is 14.6. The van der Waals surface area contributed by atoms with Crippen molar-refractivity contribution < 1.29 is 19.2 Å². The Labute approximate surface area is 168 Å². The zero-order chi connectivity index (χ0) is 19.3. The number of methoxy groups -OCH3 is 2. The fourth-order valence-electron chi connectivity index (χ4n) is 2.33. The second kappa shape index (κ2) is 9.04. The Bertz CT molecular complexity index is 844. The van der Waals surface area contributed by atoms with Crippen molar-refractivity contribution in [2.75, 3.05) is 20.8 Å². The van der Waals surface area contributed by atoms with Crippen molar-refractivity contribution in [2.45, 2.75) is 6.42 Å². The number of ether oxygens (including phenoxy) is 2. The van der Waals surface area contributed by atoms with Gasteiger partial charge < -0.3 is 14.8 Å². The van der Waals surface area contributed by atoms with Gasteiger partial charge >= 0.3 is 0 Å². The van der Waals surface area contributed by atoms with Crippen LogP contribution in [-0.4, -0.2) is 31.6 Å². The zero-order valence-corrected chi connectivity index (χ0v) is 17.0. The first-order chi connectivity index (χ1) is 12.4. The smallest absolute Gasteiger partial charge is 0.276 e. The van der Waals surface area contributed by atoms with Crippen LogP contribution in [0.15, 0.2) is 30.3 Å². The van der Waals surface area contributed by atoms with Gasteiger partial charge in [-0.2, -0.15) is 0 Å². The average molecular weight is 491 g/mol. The topological polar surface area (TPSA) is 90.7 Å². The van der Waals surface area contributed by atoms with Crippen LogP contribution in [0.1, 0.15) is 15.9 Å². The largest absolute Gasteiger partial charge is 0.493 e. The number of hydrogen-bond donors (Lipinski definition) is 1. The molecule has 0 spiro atoms. The van der Waals surface area contributed by atoms with E-state index in [9.17, 15) is 14.9 Å². The molecule has 2 rings (SSSR count). The molecule has 2 aromatic rings. The summed E-state index contributed by atoms with van der Waals surface area (Å²) in [6.45, 7) is 0.231. The van der Waals surface area contributed by atoms with Gasteiger partial charge in [0.2, 0.25) is 0 Å². The van der Waals surface area contributed by atoms with Crippen LogP contribution >= 0.6 is 34.2 Å². The first-order valence-electron chi connectivity index (χ1n) is 7.50. The van der Waals surface area contributed by atoms with E-state index in [4.69, 9.17) is 21.1 Å². The van der Waals surface area contributed by atoms with Gasteiger partial charge in [-0.05, 0) is 53.3 Å². The molecular weight excluding hydrogens is 475 g/mol. The van der Waals surface area contributed by atoms with Crippen molar-refractivity contribution in [3.63, 3.8) is 0 Å². The molecule has 0 unspecified atom stereocenters. The van der Waals surface area contributed by atoms with E-state index in [-0.39, 0.29) is 30.3 Å². The van der Waals surface area contributed by atoms with Crippen LogP contribution in [0.3, 0.4) is 0 Å². The predicted molar refractivity (Wildman–Crippen MR) is 106 cm³/mol. The Morgan fingerprint density at radius 1 is 1.23 bits per heavy atom. The number of carbonyl (C=O) groups is 1. The molecule has 0 aromatic heterocycles. The van der Waals surface area contributed by atoms with Crippen molar-refractivity contribution in [3.05, 3.63) is 60.2 Å². The Hall–Kier alpha value is -2.07. The quantitative estimate of drug-likeness (QED) is 0.362. The third-order valence-corrected chi connectivity index (χ3v) is 5.18. The summed E-state index contributed by atoms with van der Waals surface area (Å²) in [6.07, 6.45) is 0.271. The molecule has 0 aliphatic carbocycles. The highest BCUT2D eigenvalue weighted by molar-refractivity contribution is 14.1. The molecule has 0 atom stereocenters. The maximum absolute atomic E-state index is 12.2. The second-order valence-corrected chi connectivity index (χ2v) is 6.80. The van der Waals surface area contributed by atoms with Crippen LogP contribution in [0.2, 0.25) is 5.02 Å². The highest BCUT2D eigenvalue weighted by atomic mass is 127. The first-order valence-corrected chi connectivity index (χ1v) is 8.95. The molecule has 26 heavy (non-hydrogen) atoms. The van der Waals surface area contributed by atoms with Crippen molar-refractivity contribution in [2.24, 2.45) is 0 Å². The summed E-state index contributed by atoms with van der Waals surface area (Å²) in [5.74, 6) is 0.400. The molecule has 1 amide bonds. The van der Waals surface area contributed by atoms with Crippen LogP contribution in [0.4, 0.5) is 5.69 Å². The van der Waals surface area contributed by atoms with Gasteiger partial charge in [0.1, 0.15) is 0 Å². The molecule has 0 aliphatic rings. The zero-order valence-electron chi connectivity index (χ0n) is 14.0. The lowest BCUT2D eigenvalue weighted by Crippen LogP contribution is -2.26. The summed E-state index contributed by atoms with van der Waals surface area (Å²) in [6, 6.07) is 7.82. The molecule has 1 N–H and O–H groups in total. The molecule has 2 aromatic carbocycles. The molecule has 0 saturated carbocycles. The Kier molecular flexibility index (Phi) is 7.04. The van der Waals surface area contributed by atoms with Crippen molar-refractivity contribution >= 4 is 45.8 Å². The number of rotatable bonds is 7. The standard InChI is InChI=1S/C17H16ClIN2O5/c1-25-15-8-10(14(21(23)24)9-16(15)26-2)5-6-20-17(22)11-3-4-12(18)13(19)7-11/h3-4,7-9H,5-6H2,1-2H3,(H,20,22). The number of benzene rings is 2. The number of hydrogen-bond acceptors (Lipinski definition) is 5. The molecule has 0 aliphatic heterocycles. The molecule has 0 heterocycles. The summed E-state index contributed by atoms with van der Waals surface area (Å²) in [4.78, 5) is 23.0. The van der Waals surface area contributed by atoms with Crippen LogP contribution in [0.25, 0.3) is 0 Å². The number of nitrogens with one attached hydrogen (secondary N) is 1. The van der Waals surface area contributed by atoms with Crippen LogP contribution in [0, 0.1) is 13.7 Å². The number of nitro benzene ring substituents is 1. The van der Waals surface area contributed by atoms with Crippen LogP contribution in [0.5, 0.6) is 11.5 Å². The molecule has 7 nitrogen and oxygen atoms in total. The third-order valence-electron chi connectivity index (χ3n) is 3.64. The van der Waals surface area contributed by atoms with Crippen molar-refractivity contribution in [1.82, 2.24) is 5.32 Å². The number of carbonyl (C=O) groups excluding carboxylic acids is 1. The Balaban J connectivity index is 2.12. The molecule has 9 heteroatoms. The Morgan fingerprint density at radius 3 is 2.46 bits per heavy atom. The van der Waals surface area contributed by atoms with E-state index in [2.05, 4.69) is 5.32 Å². The van der Waals surface area contributed by atoms with Gasteiger partial charge in [-0.25, -0.2) is 0 Å². The molecule has 0 radical (unpaired) electrons. The van der Waals surface area contributed by atoms with E-state index < -0.39 is 4.92 Å². The van der Waals surface area contributed by atoms with E-state index in [1.807, 2.05) is 22.6 Å². The lowest BCUT2D eigenvalue weighted by Gasteiger charge is -2.11. The van der Waals surface area contributed by atoms with E-state index in [1.54, 1.807) is 24.3 Å². The monoisotopic (exact) mass is 490 g/mol. The van der Waals surface area contributed by atoms with E-state index >= 15 is 0 Å². The van der Waals surface area contributed by atoms with Crippen molar-refractivity contribution in [1.29, 1.82) is 0 Å². The van der Waals surface area contributed by atoms with Gasteiger partial charge in [0, 0.05) is 21.2 Å². The molecule has 0 fully saturated rings. The molecule has 138 valence electrons. The lowest BCUT2D eigenvalue weighted by atomic mass is 10.1. The summed E-state index contributed by atoms with van der Waals surface area (Å²) in [5.41, 5.74) is 0.831. The summed E-state index contributed by atoms with van der Waals surface area (Å²) in [7, 11) is 2.87. The number of nitro groups is 1. The maximum atomic E-state index is 12.2. The Morgan fingerprint density at radius 2 is 1.88 bits per heavy atom. The number of halogens is 2. The summed E-state index contributed by atoms with van der Waals surface area (Å²) >= 11 is 7.99. The highest BCUT2D eigenvalue weighted by Crippen LogP contribution is 2.34. The average Bonchev–Trinajstić information content (AvgIpc) is 2.63. The fraction of sp³-hybridized carbons (Fsp3) is 0.235. The molecule has 0 saturated heterocycles. The van der Waals surface area contributed by atoms with E-state index in [0.29, 0.717) is 21.9 Å². The van der Waals surface area contributed by atoms with Gasteiger partial charge in [0.25, 0.3) is 11.6 Å². The van der Waals surface area contributed by atoms with Crippen LogP contribution in [-0.2, 0) is 6.42 Å². The van der Waals surface area contributed by atoms with E-state index in [1.165, 1.54) is 20.3 Å². The minimum Gasteiger partial charge on any atom is -0.493 e. The first kappa shape index (κ1) is 20.2. The SMILES string of the molecule is COc1cc(CCNC(=O)c2ccc(Cl)c(I)c2)c([N+](=O)[O-])cc1OC. The molecular formula is C17H16ClIN2O5. The maximum Gasteiger partial charge on any atom is 0.276 e. The normalized spacial score (nSPS) is 10.3. The van der Waals surface area contributed by atoms with Gasteiger partial charge in [0.05, 0.1) is 30.2 Å². The second-order valence-electron chi connectivity index (χ2n) is 5.23. The van der Waals surface area contributed by atoms with Gasteiger partial charge in [-0.1, -0.05) is 11.6 Å². The third kappa shape index (κ3) is 4.76. The van der Waals surface area contributed by atoms with Gasteiger partial charge in [-0.3, -0.25) is 14.9 Å². The highest BCUT2D eigenvalue weighted by Gasteiger charge is 2.19. The van der Waals surface area contributed by atoms with Crippen LogP contribution < -0.4 is 14.8 Å².